The van der Waals surface area contributed by atoms with Gasteiger partial charge in [-0.3, -0.25) is 19.6 Å². The maximum Gasteiger partial charge on any atom is 0.490 e. The summed E-state index contributed by atoms with van der Waals surface area (Å²) in [6, 6.07) is 7.01. The number of aromatic nitrogens is 1. The van der Waals surface area contributed by atoms with Gasteiger partial charge in [-0.1, -0.05) is 6.07 Å². The van der Waals surface area contributed by atoms with Gasteiger partial charge in [-0.2, -0.15) is 26.3 Å². The lowest BCUT2D eigenvalue weighted by Gasteiger charge is -2.33. The molecule has 0 radical (unpaired) electrons. The number of carbonyl (C=O) groups excluding carboxylic acids is 1. The minimum atomic E-state index is -5.08. The molecule has 2 aliphatic rings. The molecule has 1 aromatic heterocycles. The molecule has 1 amide bonds. The van der Waals surface area contributed by atoms with Crippen LogP contribution in [0.25, 0.3) is 0 Å². The number of aliphatic carboxylic acids is 2. The predicted octanol–water partition coefficient (Wildman–Crippen LogP) is 2.38. The molecule has 3 rings (SSSR count). The SMILES string of the molecule is CNC(=O)[C@@H]1C[C@H]2CN(Cc3ccccn3)C[C@H]2N1C(C)C.O=C(O)C(F)(F)F.O=C(O)C(F)(F)F. The summed E-state index contributed by atoms with van der Waals surface area (Å²) in [6.07, 6.45) is -7.34. The summed E-state index contributed by atoms with van der Waals surface area (Å²) in [4.78, 5) is 39.3. The van der Waals surface area contributed by atoms with Gasteiger partial charge in [0.2, 0.25) is 5.91 Å². The lowest BCUT2D eigenvalue weighted by molar-refractivity contribution is -0.193. The summed E-state index contributed by atoms with van der Waals surface area (Å²) in [5, 5.41) is 17.1. The average molecular weight is 530 g/mol. The summed E-state index contributed by atoms with van der Waals surface area (Å²) < 4.78 is 63.5. The number of likely N-dealkylation sites (N-methyl/N-ethyl adjacent to an activating group) is 1. The number of hydrogen-bond donors (Lipinski definition) is 3. The van der Waals surface area contributed by atoms with Crippen LogP contribution in [0.4, 0.5) is 26.3 Å². The predicted molar refractivity (Wildman–Crippen MR) is 114 cm³/mol. The van der Waals surface area contributed by atoms with Crippen molar-refractivity contribution in [2.75, 3.05) is 20.1 Å². The summed E-state index contributed by atoms with van der Waals surface area (Å²) >= 11 is 0. The van der Waals surface area contributed by atoms with Crippen molar-refractivity contribution in [1.29, 1.82) is 0 Å². The third kappa shape index (κ3) is 9.26. The Morgan fingerprint density at radius 1 is 1.06 bits per heavy atom. The number of nitrogens with one attached hydrogen (secondary N) is 1. The highest BCUT2D eigenvalue weighted by atomic mass is 19.4. The average Bonchev–Trinajstić information content (AvgIpc) is 3.30. The Balaban J connectivity index is 0.000000383. The van der Waals surface area contributed by atoms with Gasteiger partial charge in [0.15, 0.2) is 0 Å². The Kier molecular flexibility index (Phi) is 11.1. The zero-order valence-corrected chi connectivity index (χ0v) is 19.7. The van der Waals surface area contributed by atoms with Crippen LogP contribution in [0.3, 0.4) is 0 Å². The van der Waals surface area contributed by atoms with Gasteiger partial charge in [0, 0.05) is 45.0 Å². The topological polar surface area (TPSA) is 123 Å². The third-order valence-electron chi connectivity index (χ3n) is 5.49. The largest absolute Gasteiger partial charge is 0.490 e. The molecule has 204 valence electrons. The molecule has 0 bridgehead atoms. The highest BCUT2D eigenvalue weighted by molar-refractivity contribution is 5.82. The Bertz CT molecular complexity index is 858. The van der Waals surface area contributed by atoms with Crippen LogP contribution in [-0.2, 0) is 20.9 Å². The van der Waals surface area contributed by atoms with Gasteiger partial charge < -0.3 is 15.5 Å². The van der Waals surface area contributed by atoms with E-state index >= 15 is 0 Å². The van der Waals surface area contributed by atoms with Crippen LogP contribution in [0.2, 0.25) is 0 Å². The van der Waals surface area contributed by atoms with E-state index in [0.717, 1.165) is 31.7 Å². The number of halogens is 6. The molecule has 1 aromatic rings. The highest BCUT2D eigenvalue weighted by Crippen LogP contribution is 2.37. The minimum Gasteiger partial charge on any atom is -0.475 e. The first-order valence-corrected chi connectivity index (χ1v) is 10.7. The molecule has 3 heterocycles. The number of likely N-dealkylation sites (tertiary alicyclic amines) is 2. The van der Waals surface area contributed by atoms with Gasteiger partial charge in [-0.15, -0.1) is 0 Å². The van der Waals surface area contributed by atoms with E-state index < -0.39 is 24.3 Å². The second-order valence-corrected chi connectivity index (χ2v) is 8.36. The molecule has 0 saturated carbocycles. The summed E-state index contributed by atoms with van der Waals surface area (Å²) in [7, 11) is 1.74. The summed E-state index contributed by atoms with van der Waals surface area (Å²) in [5.74, 6) is -4.76. The fourth-order valence-electron chi connectivity index (χ4n) is 4.15. The van der Waals surface area contributed by atoms with Crippen molar-refractivity contribution in [3.63, 3.8) is 0 Å². The van der Waals surface area contributed by atoms with Crippen LogP contribution in [0.5, 0.6) is 0 Å². The van der Waals surface area contributed by atoms with Gasteiger partial charge in [-0.25, -0.2) is 9.59 Å². The number of nitrogens with zero attached hydrogens (tertiary/aromatic N) is 3. The Labute approximate surface area is 203 Å². The van der Waals surface area contributed by atoms with Crippen LogP contribution in [0, 0.1) is 5.92 Å². The molecule has 3 N–H and O–H groups in total. The maximum atomic E-state index is 12.2. The summed E-state index contributed by atoms with van der Waals surface area (Å²) in [6.45, 7) is 7.40. The number of hydrogen-bond acceptors (Lipinski definition) is 6. The van der Waals surface area contributed by atoms with Crippen LogP contribution in [-0.4, -0.2) is 93.5 Å². The van der Waals surface area contributed by atoms with Crippen molar-refractivity contribution in [1.82, 2.24) is 20.1 Å². The number of rotatable bonds is 4. The standard InChI is InChI=1S/C17H26N4O.2C2HF3O2/c1-12(2)21-15(17(22)18-3)8-13-9-20(11-16(13)21)10-14-6-4-5-7-19-14;2*3-2(4,5)1(6)7/h4-7,12-13,15-16H,8-11H2,1-3H3,(H,18,22);2*(H,6,7)/t13-,15-,16+;;/m0../s1. The van der Waals surface area contributed by atoms with Gasteiger partial charge in [0.05, 0.1) is 11.7 Å². The molecule has 0 unspecified atom stereocenters. The second kappa shape index (κ2) is 12.9. The summed E-state index contributed by atoms with van der Waals surface area (Å²) in [5.41, 5.74) is 1.13. The van der Waals surface area contributed by atoms with Crippen LogP contribution >= 0.6 is 0 Å². The van der Waals surface area contributed by atoms with E-state index in [4.69, 9.17) is 19.8 Å². The molecule has 9 nitrogen and oxygen atoms in total. The van der Waals surface area contributed by atoms with Crippen molar-refractivity contribution in [2.24, 2.45) is 5.92 Å². The molecule has 2 saturated heterocycles. The van der Waals surface area contributed by atoms with Crippen molar-refractivity contribution < 1.29 is 50.9 Å². The Morgan fingerprint density at radius 2 is 1.58 bits per heavy atom. The fourth-order valence-corrected chi connectivity index (χ4v) is 4.15. The van der Waals surface area contributed by atoms with Crippen molar-refractivity contribution in [3.05, 3.63) is 30.1 Å². The van der Waals surface area contributed by atoms with Crippen LogP contribution in [0.15, 0.2) is 24.4 Å². The number of carboxylic acid groups (broad SMARTS) is 2. The van der Waals surface area contributed by atoms with Crippen LogP contribution in [0.1, 0.15) is 26.0 Å². The first-order valence-electron chi connectivity index (χ1n) is 10.7. The van der Waals surface area contributed by atoms with Gasteiger partial charge >= 0.3 is 24.3 Å². The lowest BCUT2D eigenvalue weighted by atomic mass is 10.0. The van der Waals surface area contributed by atoms with E-state index in [-0.39, 0.29) is 11.9 Å². The number of pyridine rings is 1. The normalized spacial score (nSPS) is 22.1. The van der Waals surface area contributed by atoms with Gasteiger partial charge in [-0.05, 0) is 38.3 Å². The smallest absolute Gasteiger partial charge is 0.475 e. The molecular formula is C21H28F6N4O5. The quantitative estimate of drug-likeness (QED) is 0.508. The van der Waals surface area contributed by atoms with E-state index in [1.807, 2.05) is 18.3 Å². The molecule has 0 spiro atoms. The second-order valence-electron chi connectivity index (χ2n) is 8.36. The molecule has 3 atom stereocenters. The molecular weight excluding hydrogens is 502 g/mol. The van der Waals surface area contributed by atoms with E-state index in [1.165, 1.54) is 0 Å². The van der Waals surface area contributed by atoms with Crippen molar-refractivity contribution in [3.8, 4) is 0 Å². The molecule has 15 heteroatoms. The number of alkyl halides is 6. The monoisotopic (exact) mass is 530 g/mol. The van der Waals surface area contributed by atoms with Crippen molar-refractivity contribution in [2.45, 2.75) is 57.3 Å². The number of amides is 1. The molecule has 2 aliphatic heterocycles. The molecule has 0 aromatic carbocycles. The first-order chi connectivity index (χ1) is 16.5. The lowest BCUT2D eigenvalue weighted by Crippen LogP contribution is -2.50. The number of fused-ring (bicyclic) bond motifs is 1. The van der Waals surface area contributed by atoms with E-state index in [9.17, 15) is 31.1 Å². The zero-order chi connectivity index (χ0) is 27.8. The van der Waals surface area contributed by atoms with E-state index in [1.54, 1.807) is 7.05 Å². The number of carboxylic acids is 2. The maximum absolute atomic E-state index is 12.2. The zero-order valence-electron chi connectivity index (χ0n) is 19.7. The van der Waals surface area contributed by atoms with Gasteiger partial charge in [0.25, 0.3) is 0 Å². The minimum absolute atomic E-state index is 0.0389. The van der Waals surface area contributed by atoms with Crippen molar-refractivity contribution >= 4 is 17.8 Å². The highest BCUT2D eigenvalue weighted by Gasteiger charge is 2.49. The first kappa shape index (κ1) is 31.1. The molecule has 0 aliphatic carbocycles. The Hall–Kier alpha value is -2.94. The molecule has 36 heavy (non-hydrogen) atoms. The fraction of sp³-hybridized carbons (Fsp3) is 0.619. The third-order valence-corrected chi connectivity index (χ3v) is 5.49. The molecule has 2 fully saturated rings. The van der Waals surface area contributed by atoms with Crippen LogP contribution < -0.4 is 5.32 Å². The number of carbonyl (C=O) groups is 3. The van der Waals surface area contributed by atoms with Gasteiger partial charge in [0.1, 0.15) is 0 Å². The van der Waals surface area contributed by atoms with E-state index in [2.05, 4.69) is 40.0 Å². The Morgan fingerprint density at radius 3 is 1.97 bits per heavy atom. The van der Waals surface area contributed by atoms with E-state index in [0.29, 0.717) is 18.0 Å².